The van der Waals surface area contributed by atoms with E-state index < -0.39 is 24.4 Å². The van der Waals surface area contributed by atoms with Crippen LogP contribution in [0.25, 0.3) is 0 Å². The van der Waals surface area contributed by atoms with Crippen LogP contribution in [0.1, 0.15) is 71.6 Å². The minimum atomic E-state index is -0.698. The van der Waals surface area contributed by atoms with E-state index in [1.165, 1.54) is 6.42 Å². The van der Waals surface area contributed by atoms with Crippen LogP contribution in [0.5, 0.6) is 0 Å². The molecule has 6 aliphatic rings. The molecule has 6 rings (SSSR count). The molecule has 0 aromatic heterocycles. The van der Waals surface area contributed by atoms with Crippen LogP contribution in [0.3, 0.4) is 0 Å². The van der Waals surface area contributed by atoms with Crippen molar-refractivity contribution in [3.63, 3.8) is 0 Å². The molecule has 0 spiro atoms. The fourth-order valence-corrected chi connectivity index (χ4v) is 9.13. The molecule has 9 nitrogen and oxygen atoms in total. The molecule has 0 bridgehead atoms. The van der Waals surface area contributed by atoms with Gasteiger partial charge in [0.25, 0.3) is 0 Å². The maximum atomic E-state index is 13.9. The van der Waals surface area contributed by atoms with E-state index in [0.29, 0.717) is 23.8 Å². The number of methoxy groups -OCH3 is 3. The smallest absolute Gasteiger partial charge is 0.306 e. The first kappa shape index (κ1) is 32.3. The van der Waals surface area contributed by atoms with Gasteiger partial charge in [-0.05, 0) is 87.0 Å². The SMILES string of the molecule is CO[C@@H]1[C@@H](OC)[C@H](C)O[C@@H](O[C@H]2C[C@H]3[C@@H]4C=C5C(=O)[C@H](C)[C@@H](O)CCC[C@H](C6CCC6)OC(=O)C[C@H]5[C@@H]4C=C[C@@H]3C2)[C@@H]1OC. The minimum absolute atomic E-state index is 0.0256. The van der Waals surface area contributed by atoms with Gasteiger partial charge in [0.2, 0.25) is 0 Å². The second-order valence-corrected chi connectivity index (χ2v) is 14.2. The Kier molecular flexibility index (Phi) is 10.0. The maximum Gasteiger partial charge on any atom is 0.306 e. The van der Waals surface area contributed by atoms with Crippen molar-refractivity contribution in [2.24, 2.45) is 41.4 Å². The maximum absolute atomic E-state index is 13.9. The molecule has 4 fully saturated rings. The molecule has 246 valence electrons. The standard InChI is InChI=1S/C35H52O9/c1-18-28(36)10-7-11-29(20-8-6-9-20)44-30(37)17-26-23-13-12-21-14-22(15-24(21)25(23)16-27(26)31(18)38)43-35-34(41-5)33(40-4)32(39-3)19(2)42-35/h12-13,16,18-26,28-29,32-36H,6-11,14-15,17H2,1-5H3/t18-,19+,21-,22-,23-,24-,25-,26+,28+,29-,32+,33-,34-,35+/m1/s1. The van der Waals surface area contributed by atoms with E-state index in [2.05, 4.69) is 18.2 Å². The van der Waals surface area contributed by atoms with Gasteiger partial charge >= 0.3 is 5.97 Å². The van der Waals surface area contributed by atoms with Gasteiger partial charge in [-0.25, -0.2) is 0 Å². The lowest BCUT2D eigenvalue weighted by Crippen LogP contribution is -2.59. The summed E-state index contributed by atoms with van der Waals surface area (Å²) in [5.41, 5.74) is 0.705. The van der Waals surface area contributed by atoms with Gasteiger partial charge in [-0.3, -0.25) is 9.59 Å². The molecule has 0 unspecified atom stereocenters. The van der Waals surface area contributed by atoms with E-state index in [4.69, 9.17) is 28.4 Å². The third-order valence-corrected chi connectivity index (χ3v) is 11.9. The number of hydrogen-bond acceptors (Lipinski definition) is 9. The number of cyclic esters (lactones) is 1. The molecule has 0 radical (unpaired) electrons. The lowest BCUT2D eigenvalue weighted by atomic mass is 9.70. The molecular formula is C35H52O9. The van der Waals surface area contributed by atoms with E-state index in [-0.39, 0.29) is 72.4 Å². The van der Waals surface area contributed by atoms with Crippen molar-refractivity contribution < 1.29 is 43.1 Å². The molecule has 2 saturated heterocycles. The van der Waals surface area contributed by atoms with Crippen molar-refractivity contribution in [3.8, 4) is 0 Å². The Hall–Kier alpha value is -1.62. The third-order valence-electron chi connectivity index (χ3n) is 11.9. The molecule has 1 N–H and O–H groups in total. The summed E-state index contributed by atoms with van der Waals surface area (Å²) in [5.74, 6) is 0.230. The fourth-order valence-electron chi connectivity index (χ4n) is 9.13. The number of carbonyl (C=O) groups is 2. The van der Waals surface area contributed by atoms with Crippen LogP contribution < -0.4 is 0 Å². The number of allylic oxidation sites excluding steroid dienone is 4. The Labute approximate surface area is 262 Å². The van der Waals surface area contributed by atoms with Gasteiger partial charge in [-0.2, -0.15) is 0 Å². The fraction of sp³-hybridized carbons (Fsp3) is 0.829. The number of ether oxygens (including phenoxy) is 6. The van der Waals surface area contributed by atoms with Gasteiger partial charge in [0, 0.05) is 33.2 Å². The highest BCUT2D eigenvalue weighted by atomic mass is 16.7. The highest BCUT2D eigenvalue weighted by Gasteiger charge is 2.52. The topological polar surface area (TPSA) is 110 Å². The van der Waals surface area contributed by atoms with Gasteiger partial charge in [0.15, 0.2) is 12.1 Å². The molecule has 9 heteroatoms. The van der Waals surface area contributed by atoms with Crippen LogP contribution in [0.4, 0.5) is 0 Å². The van der Waals surface area contributed by atoms with Crippen molar-refractivity contribution in [1.82, 2.24) is 0 Å². The van der Waals surface area contributed by atoms with Crippen LogP contribution in [0, 0.1) is 41.4 Å². The van der Waals surface area contributed by atoms with Crippen molar-refractivity contribution in [2.75, 3.05) is 21.3 Å². The van der Waals surface area contributed by atoms with E-state index in [0.717, 1.165) is 38.5 Å². The summed E-state index contributed by atoms with van der Waals surface area (Å²) in [7, 11) is 4.95. The van der Waals surface area contributed by atoms with E-state index in [9.17, 15) is 14.7 Å². The largest absolute Gasteiger partial charge is 0.462 e. The van der Waals surface area contributed by atoms with Gasteiger partial charge in [-0.1, -0.05) is 31.6 Å². The number of esters is 1. The number of fused-ring (bicyclic) bond motifs is 5. The first-order chi connectivity index (χ1) is 21.2. The van der Waals surface area contributed by atoms with E-state index >= 15 is 0 Å². The molecular weight excluding hydrogens is 564 g/mol. The normalized spacial score (nSPS) is 46.5. The molecule has 2 aliphatic heterocycles. The first-order valence-electron chi connectivity index (χ1n) is 16.9. The molecule has 0 aromatic rings. The Balaban J connectivity index is 1.19. The summed E-state index contributed by atoms with van der Waals surface area (Å²) in [6.45, 7) is 3.81. The Morgan fingerprint density at radius 1 is 0.864 bits per heavy atom. The lowest BCUT2D eigenvalue weighted by molar-refractivity contribution is -0.314. The zero-order valence-corrected chi connectivity index (χ0v) is 27.0. The summed E-state index contributed by atoms with van der Waals surface area (Å²) in [6, 6.07) is 0. The third kappa shape index (κ3) is 6.09. The Morgan fingerprint density at radius 2 is 1.59 bits per heavy atom. The lowest BCUT2D eigenvalue weighted by Gasteiger charge is -2.44. The van der Waals surface area contributed by atoms with Crippen LogP contribution in [-0.2, 0) is 38.0 Å². The number of Topliss-reactive ketones (excluding diaryl/α,β-unsaturated/α-hetero) is 1. The average molecular weight is 617 g/mol. The highest BCUT2D eigenvalue weighted by molar-refractivity contribution is 5.99. The second kappa shape index (κ2) is 13.6. The second-order valence-electron chi connectivity index (χ2n) is 14.2. The minimum Gasteiger partial charge on any atom is -0.462 e. The van der Waals surface area contributed by atoms with Crippen molar-refractivity contribution in [1.29, 1.82) is 0 Å². The van der Waals surface area contributed by atoms with E-state index in [1.54, 1.807) is 21.3 Å². The number of rotatable bonds is 6. The first-order valence-corrected chi connectivity index (χ1v) is 16.9. The summed E-state index contributed by atoms with van der Waals surface area (Å²) >= 11 is 0. The average Bonchev–Trinajstić information content (AvgIpc) is 3.55. The summed E-state index contributed by atoms with van der Waals surface area (Å²) in [5, 5.41) is 11.0. The summed E-state index contributed by atoms with van der Waals surface area (Å²) < 4.78 is 36.2. The van der Waals surface area contributed by atoms with Crippen molar-refractivity contribution >= 4 is 11.8 Å². The van der Waals surface area contributed by atoms with Crippen LogP contribution in [-0.4, -0.2) is 87.2 Å². The quantitative estimate of drug-likeness (QED) is 0.343. The summed E-state index contributed by atoms with van der Waals surface area (Å²) in [6.07, 6.45) is 11.3. The van der Waals surface area contributed by atoms with Gasteiger partial charge in [0.05, 0.1) is 24.7 Å². The highest BCUT2D eigenvalue weighted by Crippen LogP contribution is 2.54. The van der Waals surface area contributed by atoms with Gasteiger partial charge in [-0.15, -0.1) is 0 Å². The molecule has 2 saturated carbocycles. The molecule has 2 heterocycles. The predicted octanol–water partition coefficient (Wildman–Crippen LogP) is 4.40. The van der Waals surface area contributed by atoms with Gasteiger partial charge in [0.1, 0.15) is 24.4 Å². The van der Waals surface area contributed by atoms with Gasteiger partial charge < -0.3 is 33.5 Å². The zero-order chi connectivity index (χ0) is 31.1. The van der Waals surface area contributed by atoms with Crippen molar-refractivity contribution in [2.45, 2.75) is 121 Å². The number of aliphatic hydroxyl groups is 1. The van der Waals surface area contributed by atoms with Crippen LogP contribution >= 0.6 is 0 Å². The van der Waals surface area contributed by atoms with Crippen LogP contribution in [0.15, 0.2) is 23.8 Å². The number of ketones is 1. The predicted molar refractivity (Wildman–Crippen MR) is 161 cm³/mol. The molecule has 0 amide bonds. The molecule has 44 heavy (non-hydrogen) atoms. The molecule has 4 aliphatic carbocycles. The van der Waals surface area contributed by atoms with Crippen molar-refractivity contribution in [3.05, 3.63) is 23.8 Å². The molecule has 0 aromatic carbocycles. The summed E-state index contributed by atoms with van der Waals surface area (Å²) in [4.78, 5) is 27.3. The Morgan fingerprint density at radius 3 is 2.27 bits per heavy atom. The zero-order valence-electron chi connectivity index (χ0n) is 27.0. The monoisotopic (exact) mass is 616 g/mol. The Bertz CT molecular complexity index is 1100. The van der Waals surface area contributed by atoms with E-state index in [1.807, 2.05) is 13.8 Å². The number of hydrogen-bond donors (Lipinski definition) is 1. The number of carbonyl (C=O) groups excluding carboxylic acids is 2. The number of aliphatic hydroxyl groups excluding tert-OH is 1. The van der Waals surface area contributed by atoms with Crippen LogP contribution in [0.2, 0.25) is 0 Å². The molecule has 14 atom stereocenters.